The Labute approximate surface area is 83.8 Å². The molecule has 1 rings (SSSR count). The molecule has 14 heavy (non-hydrogen) atoms. The Kier molecular flexibility index (Phi) is 3.49. The van der Waals surface area contributed by atoms with E-state index < -0.39 is 16.0 Å². The summed E-state index contributed by atoms with van der Waals surface area (Å²) in [6.45, 7) is 0.875. The highest BCUT2D eigenvalue weighted by atomic mass is 32.2. The third-order valence-electron chi connectivity index (χ3n) is 2.41. The molecule has 1 unspecified atom stereocenters. The van der Waals surface area contributed by atoms with Crippen molar-refractivity contribution in [3.05, 3.63) is 0 Å². The number of nitrogens with zero attached hydrogens (tertiary/aromatic N) is 1. The van der Waals surface area contributed by atoms with Crippen LogP contribution in [0, 0.1) is 5.92 Å². The molecule has 1 aliphatic rings. The summed E-state index contributed by atoms with van der Waals surface area (Å²) in [4.78, 5) is 10.5. The molecule has 1 fully saturated rings. The van der Waals surface area contributed by atoms with E-state index in [1.165, 1.54) is 4.31 Å². The van der Waals surface area contributed by atoms with Crippen LogP contribution in [0.25, 0.3) is 0 Å². The molecule has 1 aliphatic heterocycles. The maximum Gasteiger partial charge on any atom is 0.303 e. The maximum atomic E-state index is 11.2. The van der Waals surface area contributed by atoms with Crippen molar-refractivity contribution in [1.82, 2.24) is 4.31 Å². The van der Waals surface area contributed by atoms with Crippen LogP contribution in [0.2, 0.25) is 0 Å². The zero-order valence-electron chi connectivity index (χ0n) is 8.14. The van der Waals surface area contributed by atoms with Gasteiger partial charge in [-0.1, -0.05) is 0 Å². The van der Waals surface area contributed by atoms with Gasteiger partial charge in [-0.25, -0.2) is 12.7 Å². The lowest BCUT2D eigenvalue weighted by Crippen LogP contribution is -2.39. The van der Waals surface area contributed by atoms with Gasteiger partial charge in [0.1, 0.15) is 0 Å². The average Bonchev–Trinajstić information content (AvgIpc) is 2.01. The molecule has 0 saturated carbocycles. The first-order valence-electron chi connectivity index (χ1n) is 4.56. The smallest absolute Gasteiger partial charge is 0.303 e. The second kappa shape index (κ2) is 4.27. The molecule has 1 saturated heterocycles. The predicted octanol–water partition coefficient (Wildman–Crippen LogP) is 0.133. The van der Waals surface area contributed by atoms with Crippen molar-refractivity contribution in [3.8, 4) is 0 Å². The van der Waals surface area contributed by atoms with E-state index in [2.05, 4.69) is 0 Å². The zero-order valence-corrected chi connectivity index (χ0v) is 8.96. The van der Waals surface area contributed by atoms with Crippen LogP contribution >= 0.6 is 0 Å². The van der Waals surface area contributed by atoms with E-state index >= 15 is 0 Å². The fourth-order valence-corrected chi connectivity index (χ4v) is 2.68. The SMILES string of the molecule is CS(=O)(=O)N1CCCC(CC(=O)O)C1. The number of aliphatic carboxylic acids is 1. The molecule has 0 radical (unpaired) electrons. The van der Waals surface area contributed by atoms with Crippen molar-refractivity contribution in [2.45, 2.75) is 19.3 Å². The molecule has 0 amide bonds. The normalized spacial score (nSPS) is 24.8. The third kappa shape index (κ3) is 3.26. The lowest BCUT2D eigenvalue weighted by molar-refractivity contribution is -0.138. The van der Waals surface area contributed by atoms with E-state index in [0.717, 1.165) is 19.1 Å². The number of rotatable bonds is 3. The van der Waals surface area contributed by atoms with Gasteiger partial charge in [0.15, 0.2) is 0 Å². The summed E-state index contributed by atoms with van der Waals surface area (Å²) in [5.41, 5.74) is 0. The molecule has 0 aromatic heterocycles. The van der Waals surface area contributed by atoms with Crippen LogP contribution in [-0.4, -0.2) is 43.1 Å². The quantitative estimate of drug-likeness (QED) is 0.735. The molecule has 1 atom stereocenters. The molecule has 0 aromatic carbocycles. The van der Waals surface area contributed by atoms with Gasteiger partial charge in [-0.15, -0.1) is 0 Å². The van der Waals surface area contributed by atoms with E-state index in [1.807, 2.05) is 0 Å². The van der Waals surface area contributed by atoms with Crippen molar-refractivity contribution in [1.29, 1.82) is 0 Å². The molecule has 5 nitrogen and oxygen atoms in total. The summed E-state index contributed by atoms with van der Waals surface area (Å²) >= 11 is 0. The number of carbonyl (C=O) groups is 1. The zero-order chi connectivity index (χ0) is 10.8. The molecule has 0 aliphatic carbocycles. The Morgan fingerprint density at radius 1 is 1.57 bits per heavy atom. The number of carboxylic acid groups (broad SMARTS) is 1. The molecule has 6 heteroatoms. The van der Waals surface area contributed by atoms with Crippen molar-refractivity contribution >= 4 is 16.0 Å². The van der Waals surface area contributed by atoms with Gasteiger partial charge in [-0.05, 0) is 18.8 Å². The standard InChI is InChI=1S/C8H15NO4S/c1-14(12,13)9-4-2-3-7(6-9)5-8(10)11/h7H,2-6H2,1H3,(H,10,11). The molecule has 0 bridgehead atoms. The van der Waals surface area contributed by atoms with E-state index in [4.69, 9.17) is 5.11 Å². The average molecular weight is 221 g/mol. The number of carboxylic acids is 1. The Morgan fingerprint density at radius 2 is 2.21 bits per heavy atom. The minimum Gasteiger partial charge on any atom is -0.481 e. The fourth-order valence-electron chi connectivity index (χ4n) is 1.74. The fraction of sp³-hybridized carbons (Fsp3) is 0.875. The van der Waals surface area contributed by atoms with Crippen LogP contribution in [0.5, 0.6) is 0 Å². The predicted molar refractivity (Wildman–Crippen MR) is 51.4 cm³/mol. The van der Waals surface area contributed by atoms with Gasteiger partial charge in [0.05, 0.1) is 6.26 Å². The summed E-state index contributed by atoms with van der Waals surface area (Å²) in [6, 6.07) is 0. The van der Waals surface area contributed by atoms with Crippen molar-refractivity contribution in [2.24, 2.45) is 5.92 Å². The number of piperidine rings is 1. The molecular weight excluding hydrogens is 206 g/mol. The van der Waals surface area contributed by atoms with Crippen molar-refractivity contribution in [2.75, 3.05) is 19.3 Å². The Balaban J connectivity index is 2.56. The summed E-state index contributed by atoms with van der Waals surface area (Å²) in [6.07, 6.45) is 2.78. The molecule has 0 spiro atoms. The molecular formula is C8H15NO4S. The number of hydrogen-bond acceptors (Lipinski definition) is 3. The van der Waals surface area contributed by atoms with E-state index in [1.54, 1.807) is 0 Å². The second-order valence-electron chi connectivity index (χ2n) is 3.73. The highest BCUT2D eigenvalue weighted by Gasteiger charge is 2.26. The molecule has 82 valence electrons. The van der Waals surface area contributed by atoms with Crippen LogP contribution in [-0.2, 0) is 14.8 Å². The monoisotopic (exact) mass is 221 g/mol. The van der Waals surface area contributed by atoms with E-state index in [9.17, 15) is 13.2 Å². The van der Waals surface area contributed by atoms with Crippen LogP contribution in [0.15, 0.2) is 0 Å². The Morgan fingerprint density at radius 3 is 2.71 bits per heavy atom. The van der Waals surface area contributed by atoms with Gasteiger partial charge in [-0.3, -0.25) is 4.79 Å². The van der Waals surface area contributed by atoms with Crippen molar-refractivity contribution in [3.63, 3.8) is 0 Å². The van der Waals surface area contributed by atoms with Gasteiger partial charge < -0.3 is 5.11 Å². The Hall–Kier alpha value is -0.620. The number of sulfonamides is 1. The lowest BCUT2D eigenvalue weighted by atomic mass is 9.96. The minimum atomic E-state index is -3.15. The van der Waals surface area contributed by atoms with Gasteiger partial charge in [-0.2, -0.15) is 0 Å². The second-order valence-corrected chi connectivity index (χ2v) is 5.71. The summed E-state index contributed by atoms with van der Waals surface area (Å²) in [7, 11) is -3.15. The van der Waals surface area contributed by atoms with E-state index in [0.29, 0.717) is 13.1 Å². The van der Waals surface area contributed by atoms with Crippen LogP contribution in [0.1, 0.15) is 19.3 Å². The highest BCUT2D eigenvalue weighted by Crippen LogP contribution is 2.21. The van der Waals surface area contributed by atoms with Gasteiger partial charge in [0.2, 0.25) is 10.0 Å². The lowest BCUT2D eigenvalue weighted by Gasteiger charge is -2.29. The summed E-state index contributed by atoms with van der Waals surface area (Å²) in [5.74, 6) is -0.888. The first kappa shape index (κ1) is 11.5. The molecule has 1 N–H and O–H groups in total. The minimum absolute atomic E-state index is 0.0315. The van der Waals surface area contributed by atoms with Crippen LogP contribution < -0.4 is 0 Å². The first-order valence-corrected chi connectivity index (χ1v) is 6.41. The summed E-state index contributed by atoms with van der Waals surface area (Å²) in [5, 5.41) is 8.59. The van der Waals surface area contributed by atoms with Crippen LogP contribution in [0.4, 0.5) is 0 Å². The third-order valence-corrected chi connectivity index (χ3v) is 3.68. The first-order chi connectivity index (χ1) is 6.39. The number of hydrogen-bond donors (Lipinski definition) is 1. The van der Waals surface area contributed by atoms with Crippen LogP contribution in [0.3, 0.4) is 0 Å². The van der Waals surface area contributed by atoms with E-state index in [-0.39, 0.29) is 12.3 Å². The van der Waals surface area contributed by atoms with Gasteiger partial charge in [0, 0.05) is 19.5 Å². The molecule has 1 heterocycles. The maximum absolute atomic E-state index is 11.2. The highest BCUT2D eigenvalue weighted by molar-refractivity contribution is 7.88. The van der Waals surface area contributed by atoms with Crippen molar-refractivity contribution < 1.29 is 18.3 Å². The topological polar surface area (TPSA) is 74.7 Å². The summed E-state index contributed by atoms with van der Waals surface area (Å²) < 4.78 is 23.8. The largest absolute Gasteiger partial charge is 0.481 e. The van der Waals surface area contributed by atoms with Gasteiger partial charge in [0.25, 0.3) is 0 Å². The molecule has 0 aromatic rings. The Bertz CT molecular complexity index is 311. The van der Waals surface area contributed by atoms with Gasteiger partial charge >= 0.3 is 5.97 Å².